The van der Waals surface area contributed by atoms with E-state index in [0.717, 1.165) is 12.1 Å². The summed E-state index contributed by atoms with van der Waals surface area (Å²) >= 11 is 0. The highest BCUT2D eigenvalue weighted by Crippen LogP contribution is 2.15. The number of hydrogen-bond donors (Lipinski definition) is 2. The van der Waals surface area contributed by atoms with E-state index in [1.165, 1.54) is 6.07 Å². The van der Waals surface area contributed by atoms with Crippen LogP contribution >= 0.6 is 0 Å². The average molecular weight is 190 g/mol. The standard InChI is InChI=1S/C8H9F3N2/c9-5-1-6(12)3-7(2-5)13-4-8(10)11/h1-3,8,13H,4,12H2. The molecule has 72 valence electrons. The number of anilines is 2. The van der Waals surface area contributed by atoms with E-state index in [1.54, 1.807) is 0 Å². The maximum atomic E-state index is 12.6. The smallest absolute Gasteiger partial charge is 0.255 e. The van der Waals surface area contributed by atoms with Crippen LogP contribution in [-0.2, 0) is 0 Å². The van der Waals surface area contributed by atoms with Crippen molar-refractivity contribution in [2.75, 3.05) is 17.6 Å². The average Bonchev–Trinajstić information content (AvgIpc) is 1.99. The van der Waals surface area contributed by atoms with Crippen LogP contribution in [0.5, 0.6) is 0 Å². The molecule has 0 bridgehead atoms. The summed E-state index contributed by atoms with van der Waals surface area (Å²) in [7, 11) is 0. The molecule has 0 fully saturated rings. The van der Waals surface area contributed by atoms with Crippen molar-refractivity contribution in [3.8, 4) is 0 Å². The molecule has 0 amide bonds. The molecule has 0 spiro atoms. The van der Waals surface area contributed by atoms with Crippen molar-refractivity contribution < 1.29 is 13.2 Å². The van der Waals surface area contributed by atoms with Crippen LogP contribution < -0.4 is 11.1 Å². The maximum Gasteiger partial charge on any atom is 0.255 e. The van der Waals surface area contributed by atoms with Crippen molar-refractivity contribution in [2.24, 2.45) is 0 Å². The van der Waals surface area contributed by atoms with E-state index in [-0.39, 0.29) is 11.4 Å². The zero-order valence-corrected chi connectivity index (χ0v) is 6.73. The summed E-state index contributed by atoms with van der Waals surface area (Å²) in [6.45, 7) is -0.511. The first kappa shape index (κ1) is 9.70. The van der Waals surface area contributed by atoms with Crippen LogP contribution in [0, 0.1) is 5.82 Å². The van der Waals surface area contributed by atoms with Crippen LogP contribution in [0.3, 0.4) is 0 Å². The van der Waals surface area contributed by atoms with Crippen LogP contribution in [0.15, 0.2) is 18.2 Å². The van der Waals surface area contributed by atoms with Crippen LogP contribution in [0.25, 0.3) is 0 Å². The lowest BCUT2D eigenvalue weighted by Crippen LogP contribution is -2.10. The summed E-state index contributed by atoms with van der Waals surface area (Å²) in [5.41, 5.74) is 5.77. The zero-order chi connectivity index (χ0) is 9.84. The fourth-order valence-corrected chi connectivity index (χ4v) is 0.909. The lowest BCUT2D eigenvalue weighted by atomic mass is 10.2. The van der Waals surface area contributed by atoms with Crippen molar-refractivity contribution in [2.45, 2.75) is 6.43 Å². The lowest BCUT2D eigenvalue weighted by Gasteiger charge is -2.06. The molecule has 1 aromatic carbocycles. The summed E-state index contributed by atoms with van der Waals surface area (Å²) in [4.78, 5) is 0. The van der Waals surface area contributed by atoms with E-state index in [4.69, 9.17) is 5.73 Å². The van der Waals surface area contributed by atoms with Gasteiger partial charge < -0.3 is 11.1 Å². The molecule has 0 aromatic heterocycles. The van der Waals surface area contributed by atoms with Gasteiger partial charge in [-0.2, -0.15) is 0 Å². The SMILES string of the molecule is Nc1cc(F)cc(NCC(F)F)c1. The molecular formula is C8H9F3N2. The Labute approximate surface area is 73.5 Å². The van der Waals surface area contributed by atoms with Crippen molar-refractivity contribution in [1.82, 2.24) is 0 Å². The zero-order valence-electron chi connectivity index (χ0n) is 6.73. The summed E-state index contributed by atoms with van der Waals surface area (Å²) < 4.78 is 36.1. The Kier molecular flexibility index (Phi) is 3.00. The van der Waals surface area contributed by atoms with Crippen LogP contribution in [-0.4, -0.2) is 13.0 Å². The van der Waals surface area contributed by atoms with Gasteiger partial charge in [0.15, 0.2) is 0 Å². The molecule has 13 heavy (non-hydrogen) atoms. The second-order valence-electron chi connectivity index (χ2n) is 2.55. The molecular weight excluding hydrogens is 181 g/mol. The molecule has 0 unspecified atom stereocenters. The van der Waals surface area contributed by atoms with Gasteiger partial charge in [-0.15, -0.1) is 0 Å². The topological polar surface area (TPSA) is 38.0 Å². The first-order valence-corrected chi connectivity index (χ1v) is 3.66. The minimum Gasteiger partial charge on any atom is -0.399 e. The number of halogens is 3. The maximum absolute atomic E-state index is 12.6. The van der Waals surface area contributed by atoms with Gasteiger partial charge in [0.25, 0.3) is 6.43 Å². The summed E-state index contributed by atoms with van der Waals surface area (Å²) in [5, 5.41) is 2.36. The van der Waals surface area contributed by atoms with E-state index >= 15 is 0 Å². The molecule has 1 aromatic rings. The number of rotatable bonds is 3. The molecule has 0 aliphatic carbocycles. The summed E-state index contributed by atoms with van der Waals surface area (Å²) in [6.07, 6.45) is -2.47. The summed E-state index contributed by atoms with van der Waals surface area (Å²) in [6, 6.07) is 3.62. The molecule has 0 saturated heterocycles. The third-order valence-corrected chi connectivity index (χ3v) is 1.38. The van der Waals surface area contributed by atoms with Crippen LogP contribution in [0.2, 0.25) is 0 Å². The Bertz CT molecular complexity index is 268. The second-order valence-corrected chi connectivity index (χ2v) is 2.55. The number of benzene rings is 1. The summed E-state index contributed by atoms with van der Waals surface area (Å²) in [5.74, 6) is -0.545. The second kappa shape index (κ2) is 4.02. The third-order valence-electron chi connectivity index (χ3n) is 1.38. The van der Waals surface area contributed by atoms with Crippen molar-refractivity contribution >= 4 is 11.4 Å². The Morgan fingerprint density at radius 2 is 2.00 bits per heavy atom. The molecule has 3 N–H and O–H groups in total. The first-order valence-electron chi connectivity index (χ1n) is 3.66. The van der Waals surface area contributed by atoms with Crippen LogP contribution in [0.4, 0.5) is 24.5 Å². The van der Waals surface area contributed by atoms with Gasteiger partial charge in [-0.1, -0.05) is 0 Å². The molecule has 2 nitrogen and oxygen atoms in total. The Morgan fingerprint density at radius 3 is 2.54 bits per heavy atom. The molecule has 0 radical (unpaired) electrons. The molecule has 0 atom stereocenters. The number of nitrogens with one attached hydrogen (secondary N) is 1. The van der Waals surface area contributed by atoms with Gasteiger partial charge in [0.05, 0.1) is 6.54 Å². The van der Waals surface area contributed by atoms with Gasteiger partial charge in [0.1, 0.15) is 5.82 Å². The van der Waals surface area contributed by atoms with E-state index in [2.05, 4.69) is 5.32 Å². The Morgan fingerprint density at radius 1 is 1.31 bits per heavy atom. The normalized spacial score (nSPS) is 10.5. The van der Waals surface area contributed by atoms with Crippen LogP contribution in [0.1, 0.15) is 0 Å². The predicted octanol–water partition coefficient (Wildman–Crippen LogP) is 2.08. The van der Waals surface area contributed by atoms with Gasteiger partial charge >= 0.3 is 0 Å². The minimum absolute atomic E-state index is 0.205. The minimum atomic E-state index is -2.47. The Hall–Kier alpha value is -1.39. The largest absolute Gasteiger partial charge is 0.399 e. The molecule has 0 aliphatic rings. The highest BCUT2D eigenvalue weighted by Gasteiger charge is 2.02. The molecule has 0 heterocycles. The fraction of sp³-hybridized carbons (Fsp3) is 0.250. The van der Waals surface area contributed by atoms with Gasteiger partial charge in [-0.05, 0) is 18.2 Å². The van der Waals surface area contributed by atoms with Crippen molar-refractivity contribution in [3.63, 3.8) is 0 Å². The van der Waals surface area contributed by atoms with Crippen molar-refractivity contribution in [3.05, 3.63) is 24.0 Å². The van der Waals surface area contributed by atoms with Gasteiger partial charge in [0, 0.05) is 11.4 Å². The lowest BCUT2D eigenvalue weighted by molar-refractivity contribution is 0.163. The van der Waals surface area contributed by atoms with E-state index in [1.807, 2.05) is 0 Å². The molecule has 5 heteroatoms. The highest BCUT2D eigenvalue weighted by molar-refractivity contribution is 5.54. The molecule has 0 saturated carbocycles. The predicted molar refractivity (Wildman–Crippen MR) is 45.3 cm³/mol. The number of hydrogen-bond acceptors (Lipinski definition) is 2. The number of nitrogen functional groups attached to an aromatic ring is 1. The van der Waals surface area contributed by atoms with Gasteiger partial charge in [-0.3, -0.25) is 0 Å². The highest BCUT2D eigenvalue weighted by atomic mass is 19.3. The van der Waals surface area contributed by atoms with Crippen molar-refractivity contribution in [1.29, 1.82) is 0 Å². The Balaban J connectivity index is 2.66. The van der Waals surface area contributed by atoms with E-state index in [9.17, 15) is 13.2 Å². The number of nitrogens with two attached hydrogens (primary N) is 1. The molecule has 0 aliphatic heterocycles. The quantitative estimate of drug-likeness (QED) is 0.716. The van der Waals surface area contributed by atoms with E-state index < -0.39 is 18.8 Å². The monoisotopic (exact) mass is 190 g/mol. The van der Waals surface area contributed by atoms with E-state index in [0.29, 0.717) is 0 Å². The van der Waals surface area contributed by atoms with Gasteiger partial charge in [-0.25, -0.2) is 13.2 Å². The fourth-order valence-electron chi connectivity index (χ4n) is 0.909. The molecule has 1 rings (SSSR count). The third kappa shape index (κ3) is 3.23. The first-order chi connectivity index (χ1) is 6.08. The number of alkyl halides is 2. The van der Waals surface area contributed by atoms with Gasteiger partial charge in [0.2, 0.25) is 0 Å².